The molecule has 0 aromatic heterocycles. The molecule has 2 nitrogen and oxygen atoms in total. The first-order valence-corrected chi connectivity index (χ1v) is 6.69. The number of nitrogens with zero attached hydrogens (tertiary/aromatic N) is 2. The van der Waals surface area contributed by atoms with E-state index in [1.165, 1.54) is 18.9 Å². The molecule has 1 atom stereocenters. The lowest BCUT2D eigenvalue weighted by molar-refractivity contribution is 0.241. The molecule has 0 amide bonds. The van der Waals surface area contributed by atoms with Crippen molar-refractivity contribution >= 4 is 11.6 Å². The monoisotopic (exact) mass is 266 g/mol. The molecule has 0 N–H and O–H groups in total. The fourth-order valence-electron chi connectivity index (χ4n) is 2.43. The predicted octanol–water partition coefficient (Wildman–Crippen LogP) is 3.92. The lowest BCUT2D eigenvalue weighted by Crippen LogP contribution is -2.29. The highest BCUT2D eigenvalue weighted by molar-refractivity contribution is 6.30. The molecule has 0 aliphatic carbocycles. The zero-order chi connectivity index (χ0) is 13.0. The molecule has 0 spiro atoms. The van der Waals surface area contributed by atoms with E-state index in [1.54, 1.807) is 12.1 Å². The highest BCUT2D eigenvalue weighted by atomic mass is 35.5. The summed E-state index contributed by atoms with van der Waals surface area (Å²) < 4.78 is 14.0. The van der Waals surface area contributed by atoms with Gasteiger partial charge in [-0.05, 0) is 32.0 Å². The lowest BCUT2D eigenvalue weighted by atomic mass is 10.1. The van der Waals surface area contributed by atoms with Gasteiger partial charge in [-0.3, -0.25) is 4.90 Å². The average molecular weight is 267 g/mol. The molecule has 1 unspecified atom stereocenters. The third-order valence-electron chi connectivity index (χ3n) is 3.40. The number of likely N-dealkylation sites (tertiary alicyclic amines) is 1. The van der Waals surface area contributed by atoms with Gasteiger partial charge >= 0.3 is 0 Å². The number of halogens is 2. The SMILES string of the molecule is N#CC(c1cccc(Cl)c1F)N1CCCCCC1. The van der Waals surface area contributed by atoms with Crippen LogP contribution in [0.1, 0.15) is 37.3 Å². The summed E-state index contributed by atoms with van der Waals surface area (Å²) >= 11 is 5.78. The first-order valence-electron chi connectivity index (χ1n) is 6.31. The lowest BCUT2D eigenvalue weighted by Gasteiger charge is -2.26. The second-order valence-electron chi connectivity index (χ2n) is 4.62. The Morgan fingerprint density at radius 2 is 1.89 bits per heavy atom. The van der Waals surface area contributed by atoms with Crippen molar-refractivity contribution in [3.05, 3.63) is 34.6 Å². The normalized spacial score (nSPS) is 18.9. The second kappa shape index (κ2) is 6.17. The summed E-state index contributed by atoms with van der Waals surface area (Å²) in [5.41, 5.74) is 0.395. The zero-order valence-corrected chi connectivity index (χ0v) is 11.0. The van der Waals surface area contributed by atoms with Crippen LogP contribution in [0.25, 0.3) is 0 Å². The number of hydrogen-bond donors (Lipinski definition) is 0. The molecule has 4 heteroatoms. The Labute approximate surface area is 112 Å². The van der Waals surface area contributed by atoms with Gasteiger partial charge in [-0.25, -0.2) is 4.39 Å². The van der Waals surface area contributed by atoms with Gasteiger partial charge in [-0.15, -0.1) is 0 Å². The van der Waals surface area contributed by atoms with Crippen LogP contribution in [0.3, 0.4) is 0 Å². The molecule has 1 aliphatic heterocycles. The topological polar surface area (TPSA) is 27.0 Å². The number of rotatable bonds is 2. The van der Waals surface area contributed by atoms with Gasteiger partial charge in [0.1, 0.15) is 11.9 Å². The maximum absolute atomic E-state index is 14.0. The smallest absolute Gasteiger partial charge is 0.147 e. The highest BCUT2D eigenvalue weighted by Gasteiger charge is 2.24. The molecular formula is C14H16ClFN2. The van der Waals surface area contributed by atoms with E-state index in [1.807, 2.05) is 0 Å². The maximum Gasteiger partial charge on any atom is 0.147 e. The minimum atomic E-state index is -0.526. The van der Waals surface area contributed by atoms with E-state index in [0.29, 0.717) is 5.56 Å². The molecule has 0 saturated carbocycles. The molecule has 1 aromatic rings. The van der Waals surface area contributed by atoms with Gasteiger partial charge in [0.15, 0.2) is 0 Å². The summed E-state index contributed by atoms with van der Waals surface area (Å²) in [7, 11) is 0. The Bertz CT molecular complexity index is 448. The van der Waals surface area contributed by atoms with E-state index in [0.717, 1.165) is 25.9 Å². The van der Waals surface area contributed by atoms with Crippen LogP contribution in [0.2, 0.25) is 5.02 Å². The van der Waals surface area contributed by atoms with Crippen molar-refractivity contribution in [1.82, 2.24) is 4.90 Å². The van der Waals surface area contributed by atoms with Gasteiger partial charge in [0.2, 0.25) is 0 Å². The van der Waals surface area contributed by atoms with Crippen LogP contribution in [0, 0.1) is 17.1 Å². The van der Waals surface area contributed by atoms with Crippen molar-refractivity contribution in [2.45, 2.75) is 31.7 Å². The quantitative estimate of drug-likeness (QED) is 0.811. The van der Waals surface area contributed by atoms with Crippen LogP contribution in [-0.2, 0) is 0 Å². The fourth-order valence-corrected chi connectivity index (χ4v) is 2.61. The van der Waals surface area contributed by atoms with Gasteiger partial charge in [0, 0.05) is 5.56 Å². The highest BCUT2D eigenvalue weighted by Crippen LogP contribution is 2.28. The van der Waals surface area contributed by atoms with Gasteiger partial charge < -0.3 is 0 Å². The molecule has 1 aromatic carbocycles. The number of benzene rings is 1. The summed E-state index contributed by atoms with van der Waals surface area (Å²) in [6.07, 6.45) is 4.51. The Morgan fingerprint density at radius 3 is 2.50 bits per heavy atom. The van der Waals surface area contributed by atoms with Crippen LogP contribution in [0.15, 0.2) is 18.2 Å². The van der Waals surface area contributed by atoms with E-state index in [-0.39, 0.29) is 5.02 Å². The van der Waals surface area contributed by atoms with Gasteiger partial charge in [0.25, 0.3) is 0 Å². The zero-order valence-electron chi connectivity index (χ0n) is 10.2. The summed E-state index contributed by atoms with van der Waals surface area (Å²) in [6, 6.07) is 6.55. The van der Waals surface area contributed by atoms with Crippen molar-refractivity contribution in [3.8, 4) is 6.07 Å². The van der Waals surface area contributed by atoms with Crippen molar-refractivity contribution in [1.29, 1.82) is 5.26 Å². The molecule has 1 heterocycles. The van der Waals surface area contributed by atoms with E-state index < -0.39 is 11.9 Å². The van der Waals surface area contributed by atoms with Crippen molar-refractivity contribution in [3.63, 3.8) is 0 Å². The van der Waals surface area contributed by atoms with E-state index in [2.05, 4.69) is 11.0 Å². The average Bonchev–Trinajstić information content (AvgIpc) is 2.64. The largest absolute Gasteiger partial charge is 0.284 e. The summed E-state index contributed by atoms with van der Waals surface area (Å²) in [6.45, 7) is 1.70. The van der Waals surface area contributed by atoms with Crippen LogP contribution in [-0.4, -0.2) is 18.0 Å². The molecule has 0 bridgehead atoms. The molecule has 1 saturated heterocycles. The molecule has 1 aliphatic rings. The minimum Gasteiger partial charge on any atom is -0.284 e. The predicted molar refractivity (Wildman–Crippen MR) is 69.8 cm³/mol. The molecule has 1 fully saturated rings. The van der Waals surface area contributed by atoms with Crippen LogP contribution in [0.5, 0.6) is 0 Å². The maximum atomic E-state index is 14.0. The molecular weight excluding hydrogens is 251 g/mol. The third kappa shape index (κ3) is 2.82. The van der Waals surface area contributed by atoms with Crippen molar-refractivity contribution in [2.24, 2.45) is 0 Å². The number of nitriles is 1. The molecule has 2 rings (SSSR count). The minimum absolute atomic E-state index is 0.0857. The second-order valence-corrected chi connectivity index (χ2v) is 5.03. The van der Waals surface area contributed by atoms with Crippen LogP contribution < -0.4 is 0 Å². The summed E-state index contributed by atoms with van der Waals surface area (Å²) in [4.78, 5) is 2.06. The summed E-state index contributed by atoms with van der Waals surface area (Å²) in [5.74, 6) is -0.463. The van der Waals surface area contributed by atoms with Gasteiger partial charge in [-0.2, -0.15) is 5.26 Å². The van der Waals surface area contributed by atoms with E-state index in [4.69, 9.17) is 11.6 Å². The Kier molecular flexibility index (Phi) is 4.57. The Hall–Kier alpha value is -1.11. The molecule has 96 valence electrons. The van der Waals surface area contributed by atoms with Crippen molar-refractivity contribution < 1.29 is 4.39 Å². The molecule has 0 radical (unpaired) electrons. The van der Waals surface area contributed by atoms with Gasteiger partial charge in [0.05, 0.1) is 11.1 Å². The third-order valence-corrected chi connectivity index (χ3v) is 3.70. The van der Waals surface area contributed by atoms with Crippen LogP contribution in [0.4, 0.5) is 4.39 Å². The van der Waals surface area contributed by atoms with Gasteiger partial charge in [-0.1, -0.05) is 36.6 Å². The van der Waals surface area contributed by atoms with E-state index >= 15 is 0 Å². The van der Waals surface area contributed by atoms with Crippen molar-refractivity contribution in [2.75, 3.05) is 13.1 Å². The Balaban J connectivity index is 2.27. The molecule has 18 heavy (non-hydrogen) atoms. The summed E-state index contributed by atoms with van der Waals surface area (Å²) in [5, 5.41) is 9.42. The standard InChI is InChI=1S/C14H16ClFN2/c15-12-7-5-6-11(14(12)16)13(10-17)18-8-3-1-2-4-9-18/h5-7,13H,1-4,8-9H2. The number of hydrogen-bond acceptors (Lipinski definition) is 2. The van der Waals surface area contributed by atoms with E-state index in [9.17, 15) is 9.65 Å². The van der Waals surface area contributed by atoms with Crippen LogP contribution >= 0.6 is 11.6 Å². The first kappa shape index (κ1) is 13.3. The first-order chi connectivity index (χ1) is 8.74. The Morgan fingerprint density at radius 1 is 1.22 bits per heavy atom. The fraction of sp³-hybridized carbons (Fsp3) is 0.500.